The molecule has 7 N–H and O–H groups in total. The summed E-state index contributed by atoms with van der Waals surface area (Å²) in [5.41, 5.74) is 16.2. The Bertz CT molecular complexity index is 1040. The van der Waals surface area contributed by atoms with E-state index in [0.29, 0.717) is 19.4 Å². The first-order valence-electron chi connectivity index (χ1n) is 12.2. The second-order valence-electron chi connectivity index (χ2n) is 9.25. The number of ether oxygens (including phenoxy) is 1. The molecular weight excluding hydrogens is 462 g/mol. The maximum Gasteiger partial charge on any atom is 0.408 e. The number of amides is 1. The predicted octanol–water partition coefficient (Wildman–Crippen LogP) is 3.51. The number of carbonyl (C=O) groups excluding carboxylic acids is 1. The molecule has 196 valence electrons. The number of carboxylic acid groups (broad SMARTS) is 2. The quantitative estimate of drug-likeness (QED) is 0.250. The molecular formula is C27H37N3O6. The minimum atomic E-state index is -1.05. The van der Waals surface area contributed by atoms with Crippen molar-refractivity contribution in [3.05, 3.63) is 59.2 Å². The van der Waals surface area contributed by atoms with Gasteiger partial charge in [0.15, 0.2) is 0 Å². The van der Waals surface area contributed by atoms with E-state index in [1.165, 1.54) is 22.3 Å². The molecule has 9 nitrogen and oxygen atoms in total. The minimum Gasteiger partial charge on any atom is -0.480 e. The Balaban J connectivity index is 0.000000388. The van der Waals surface area contributed by atoms with Crippen molar-refractivity contribution >= 4 is 18.0 Å². The van der Waals surface area contributed by atoms with E-state index in [-0.39, 0.29) is 12.5 Å². The molecule has 3 rings (SSSR count). The highest BCUT2D eigenvalue weighted by atomic mass is 16.5. The number of nitrogens with two attached hydrogens (primary N) is 2. The third-order valence-electron chi connectivity index (χ3n) is 5.89. The lowest BCUT2D eigenvalue weighted by Crippen LogP contribution is -2.41. The summed E-state index contributed by atoms with van der Waals surface area (Å²) in [6.07, 6.45) is 2.64. The number of benzene rings is 2. The van der Waals surface area contributed by atoms with Crippen molar-refractivity contribution < 1.29 is 29.3 Å². The molecule has 0 heterocycles. The lowest BCUT2D eigenvalue weighted by molar-refractivity contribution is -0.140. The number of alkyl carbamates (subject to hydrolysis) is 1. The van der Waals surface area contributed by atoms with Crippen molar-refractivity contribution in [3.8, 4) is 11.1 Å². The van der Waals surface area contributed by atoms with Crippen LogP contribution in [0.25, 0.3) is 11.1 Å². The van der Waals surface area contributed by atoms with Crippen LogP contribution in [0.1, 0.15) is 56.2 Å². The normalized spacial score (nSPS) is 13.0. The van der Waals surface area contributed by atoms with Crippen LogP contribution in [0, 0.1) is 5.92 Å². The molecule has 0 aliphatic heterocycles. The summed E-state index contributed by atoms with van der Waals surface area (Å²) < 4.78 is 5.30. The summed E-state index contributed by atoms with van der Waals surface area (Å²) in [4.78, 5) is 33.4. The van der Waals surface area contributed by atoms with Gasteiger partial charge in [0, 0.05) is 0 Å². The highest BCUT2D eigenvalue weighted by Crippen LogP contribution is 2.38. The summed E-state index contributed by atoms with van der Waals surface area (Å²) in [6.45, 7) is 4.55. The van der Waals surface area contributed by atoms with Gasteiger partial charge in [-0.3, -0.25) is 4.79 Å². The monoisotopic (exact) mass is 499 g/mol. The molecule has 2 aromatic carbocycles. The van der Waals surface area contributed by atoms with Gasteiger partial charge in [-0.15, -0.1) is 0 Å². The van der Waals surface area contributed by atoms with E-state index in [0.717, 1.165) is 24.8 Å². The lowest BCUT2D eigenvalue weighted by Gasteiger charge is -2.17. The number of carboxylic acids is 2. The van der Waals surface area contributed by atoms with Gasteiger partial charge in [-0.2, -0.15) is 0 Å². The van der Waals surface area contributed by atoms with Gasteiger partial charge in [-0.25, -0.2) is 9.59 Å². The third-order valence-corrected chi connectivity index (χ3v) is 5.89. The van der Waals surface area contributed by atoms with Gasteiger partial charge in [0.05, 0.1) is 0 Å². The van der Waals surface area contributed by atoms with E-state index in [1.54, 1.807) is 0 Å². The van der Waals surface area contributed by atoms with Gasteiger partial charge in [-0.05, 0) is 66.0 Å². The number of carbonyl (C=O) groups is 3. The molecule has 36 heavy (non-hydrogen) atoms. The molecule has 0 bridgehead atoms. The van der Waals surface area contributed by atoms with E-state index in [4.69, 9.17) is 21.3 Å². The Kier molecular flexibility index (Phi) is 11.4. The van der Waals surface area contributed by atoms with Gasteiger partial charge in [0.2, 0.25) is 0 Å². The van der Waals surface area contributed by atoms with E-state index < -0.39 is 30.1 Å². The number of fused-ring (bicyclic) bond motifs is 3. The van der Waals surface area contributed by atoms with E-state index in [1.807, 2.05) is 38.1 Å². The SMILES string of the molecule is CC(C)CC(NC(=O)OCc1cccc2c1Cc1ccccc1-2)C(=O)O.NCCCCC(N)C(=O)O. The Morgan fingerprint density at radius 3 is 2.33 bits per heavy atom. The number of hydrogen-bond acceptors (Lipinski definition) is 6. The maximum atomic E-state index is 12.0. The average Bonchev–Trinajstić information content (AvgIpc) is 3.22. The number of nitrogens with one attached hydrogen (secondary N) is 1. The molecule has 1 amide bonds. The molecule has 2 aromatic rings. The Morgan fingerprint density at radius 2 is 1.69 bits per heavy atom. The largest absolute Gasteiger partial charge is 0.480 e. The van der Waals surface area contributed by atoms with Gasteiger partial charge in [0.25, 0.3) is 0 Å². The molecule has 1 aliphatic carbocycles. The Labute approximate surface area is 211 Å². The molecule has 0 spiro atoms. The second kappa shape index (κ2) is 14.2. The fourth-order valence-electron chi connectivity index (χ4n) is 4.01. The van der Waals surface area contributed by atoms with Gasteiger partial charge < -0.3 is 31.7 Å². The first-order valence-corrected chi connectivity index (χ1v) is 12.2. The van der Waals surface area contributed by atoms with Crippen LogP contribution in [0.15, 0.2) is 42.5 Å². The highest BCUT2D eigenvalue weighted by molar-refractivity contribution is 5.80. The zero-order valence-electron chi connectivity index (χ0n) is 20.9. The van der Waals surface area contributed by atoms with Crippen LogP contribution in [0.3, 0.4) is 0 Å². The molecule has 9 heteroatoms. The minimum absolute atomic E-state index is 0.122. The van der Waals surface area contributed by atoms with Gasteiger partial charge in [0.1, 0.15) is 18.7 Å². The summed E-state index contributed by atoms with van der Waals surface area (Å²) in [5.74, 6) is -1.82. The topological polar surface area (TPSA) is 165 Å². The summed E-state index contributed by atoms with van der Waals surface area (Å²) in [6, 6.07) is 12.6. The number of aliphatic carboxylic acids is 2. The second-order valence-corrected chi connectivity index (χ2v) is 9.25. The van der Waals surface area contributed by atoms with Gasteiger partial charge in [-0.1, -0.05) is 62.7 Å². The van der Waals surface area contributed by atoms with Crippen molar-refractivity contribution in [1.29, 1.82) is 0 Å². The Hall–Kier alpha value is -3.43. The number of unbranched alkanes of at least 4 members (excludes halogenated alkanes) is 1. The molecule has 0 radical (unpaired) electrons. The number of hydrogen-bond donors (Lipinski definition) is 5. The van der Waals surface area contributed by atoms with Crippen LogP contribution >= 0.6 is 0 Å². The number of rotatable bonds is 11. The lowest BCUT2D eigenvalue weighted by atomic mass is 10.0. The maximum absolute atomic E-state index is 12.0. The van der Waals surface area contributed by atoms with Crippen LogP contribution in [-0.2, 0) is 27.4 Å². The molecule has 0 fully saturated rings. The first-order chi connectivity index (χ1) is 17.1. The summed E-state index contributed by atoms with van der Waals surface area (Å²) in [7, 11) is 0. The standard InChI is InChI=1S/C21H23NO4.C6H14N2O2/c1-13(2)10-19(20(23)24)22-21(25)26-12-15-7-5-9-17-16-8-4-3-6-14(16)11-18(15)17;7-4-2-1-3-5(8)6(9)10/h3-9,13,19H,10-12H2,1-2H3,(H,22,25)(H,23,24);5H,1-4,7-8H2,(H,9,10). The third kappa shape index (κ3) is 8.66. The van der Waals surface area contributed by atoms with Crippen molar-refractivity contribution in [2.75, 3.05) is 6.54 Å². The summed E-state index contributed by atoms with van der Waals surface area (Å²) >= 11 is 0. The fraction of sp³-hybridized carbons (Fsp3) is 0.444. The van der Waals surface area contributed by atoms with Crippen LogP contribution in [0.2, 0.25) is 0 Å². The smallest absolute Gasteiger partial charge is 0.408 e. The van der Waals surface area contributed by atoms with Crippen LogP contribution in [0.4, 0.5) is 4.79 Å². The van der Waals surface area contributed by atoms with Crippen molar-refractivity contribution in [1.82, 2.24) is 5.32 Å². The predicted molar refractivity (Wildman–Crippen MR) is 137 cm³/mol. The fourth-order valence-corrected chi connectivity index (χ4v) is 4.01. The summed E-state index contributed by atoms with van der Waals surface area (Å²) in [5, 5.41) is 20.0. The Morgan fingerprint density at radius 1 is 1.00 bits per heavy atom. The van der Waals surface area contributed by atoms with Crippen LogP contribution < -0.4 is 16.8 Å². The van der Waals surface area contributed by atoms with E-state index >= 15 is 0 Å². The molecule has 2 atom stereocenters. The van der Waals surface area contributed by atoms with Crippen LogP contribution in [-0.4, -0.2) is 46.9 Å². The molecule has 0 saturated carbocycles. The first kappa shape index (κ1) is 28.8. The van der Waals surface area contributed by atoms with Crippen molar-refractivity contribution in [2.24, 2.45) is 17.4 Å². The zero-order valence-corrected chi connectivity index (χ0v) is 20.9. The van der Waals surface area contributed by atoms with Crippen molar-refractivity contribution in [3.63, 3.8) is 0 Å². The van der Waals surface area contributed by atoms with Crippen LogP contribution in [0.5, 0.6) is 0 Å². The van der Waals surface area contributed by atoms with E-state index in [9.17, 15) is 19.5 Å². The molecule has 2 unspecified atom stereocenters. The molecule has 0 aromatic heterocycles. The molecule has 0 saturated heterocycles. The van der Waals surface area contributed by atoms with Gasteiger partial charge >= 0.3 is 18.0 Å². The highest BCUT2D eigenvalue weighted by Gasteiger charge is 2.23. The van der Waals surface area contributed by atoms with E-state index in [2.05, 4.69) is 23.5 Å². The van der Waals surface area contributed by atoms with Crippen molar-refractivity contribution in [2.45, 2.75) is 64.6 Å². The average molecular weight is 500 g/mol. The molecule has 1 aliphatic rings. The zero-order chi connectivity index (χ0) is 26.7.